The van der Waals surface area contributed by atoms with Crippen molar-refractivity contribution in [3.8, 4) is 0 Å². The predicted molar refractivity (Wildman–Crippen MR) is 79.4 cm³/mol. The molecule has 0 atom stereocenters. The smallest absolute Gasteiger partial charge is 0.0398 e. The molecule has 1 aliphatic heterocycles. The van der Waals surface area contributed by atoms with E-state index in [4.69, 9.17) is 0 Å². The van der Waals surface area contributed by atoms with Gasteiger partial charge in [0.15, 0.2) is 0 Å². The lowest BCUT2D eigenvalue weighted by Gasteiger charge is -2.35. The van der Waals surface area contributed by atoms with E-state index in [0.717, 1.165) is 19.6 Å². The molecule has 1 heterocycles. The molecule has 0 radical (unpaired) electrons. The monoisotopic (exact) mass is 246 g/mol. The van der Waals surface area contributed by atoms with Crippen LogP contribution in [0.1, 0.15) is 37.8 Å². The molecule has 1 aromatic rings. The molecule has 100 valence electrons. The van der Waals surface area contributed by atoms with E-state index in [2.05, 4.69) is 56.1 Å². The summed E-state index contributed by atoms with van der Waals surface area (Å²) in [5.41, 5.74) is 4.44. The Labute approximate surface area is 111 Å². The summed E-state index contributed by atoms with van der Waals surface area (Å²) < 4.78 is 0. The van der Waals surface area contributed by atoms with E-state index >= 15 is 0 Å². The average molecular weight is 246 g/mol. The number of nitrogens with zero attached hydrogens (tertiary/aromatic N) is 1. The number of hydrogen-bond donors (Lipinski definition) is 1. The summed E-state index contributed by atoms with van der Waals surface area (Å²) in [6.07, 6.45) is 2.41. The van der Waals surface area contributed by atoms with Gasteiger partial charge in [-0.3, -0.25) is 0 Å². The van der Waals surface area contributed by atoms with Gasteiger partial charge in [-0.15, -0.1) is 0 Å². The van der Waals surface area contributed by atoms with Gasteiger partial charge >= 0.3 is 0 Å². The Balaban J connectivity index is 2.18. The van der Waals surface area contributed by atoms with Crippen molar-refractivity contribution in [2.24, 2.45) is 0 Å². The third-order valence-electron chi connectivity index (χ3n) is 3.92. The highest BCUT2D eigenvalue weighted by atomic mass is 15.1. The molecule has 1 saturated heterocycles. The molecular weight excluding hydrogens is 220 g/mol. The molecule has 1 N–H and O–H groups in total. The van der Waals surface area contributed by atoms with Crippen LogP contribution in [-0.2, 0) is 0 Å². The molecular formula is C16H26N2. The highest BCUT2D eigenvalue weighted by Crippen LogP contribution is 2.24. The van der Waals surface area contributed by atoms with Crippen molar-refractivity contribution in [3.63, 3.8) is 0 Å². The molecule has 0 aliphatic carbocycles. The lowest BCUT2D eigenvalue weighted by atomic mass is 9.98. The van der Waals surface area contributed by atoms with Crippen LogP contribution in [0.5, 0.6) is 0 Å². The van der Waals surface area contributed by atoms with E-state index in [0.29, 0.717) is 0 Å². The Hall–Kier alpha value is -1.02. The number of aryl methyl sites for hydroxylation is 2. The fourth-order valence-corrected chi connectivity index (χ4v) is 2.61. The molecule has 0 saturated carbocycles. The molecule has 0 spiro atoms. The first kappa shape index (κ1) is 13.4. The third kappa shape index (κ3) is 3.26. The van der Waals surface area contributed by atoms with Crippen molar-refractivity contribution in [1.82, 2.24) is 5.32 Å². The first-order chi connectivity index (χ1) is 8.48. The highest BCUT2D eigenvalue weighted by Gasteiger charge is 2.21. The lowest BCUT2D eigenvalue weighted by molar-refractivity contribution is 0.346. The van der Waals surface area contributed by atoms with Gasteiger partial charge in [-0.25, -0.2) is 0 Å². The van der Waals surface area contributed by atoms with Crippen LogP contribution in [0, 0.1) is 13.8 Å². The Morgan fingerprint density at radius 2 is 1.94 bits per heavy atom. The summed E-state index contributed by atoms with van der Waals surface area (Å²) in [6.45, 7) is 12.4. The van der Waals surface area contributed by atoms with Gasteiger partial charge in [0.05, 0.1) is 0 Å². The van der Waals surface area contributed by atoms with Gasteiger partial charge in [0, 0.05) is 24.3 Å². The lowest BCUT2D eigenvalue weighted by Crippen LogP contribution is -2.46. The Morgan fingerprint density at radius 3 is 2.72 bits per heavy atom. The summed E-state index contributed by atoms with van der Waals surface area (Å²) in [5.74, 6) is 0. The molecule has 18 heavy (non-hydrogen) atoms. The van der Waals surface area contributed by atoms with E-state index in [-0.39, 0.29) is 5.54 Å². The normalized spacial score (nSPS) is 20.3. The zero-order chi connectivity index (χ0) is 13.2. The quantitative estimate of drug-likeness (QED) is 0.818. The minimum atomic E-state index is 0.260. The molecule has 2 heteroatoms. The Morgan fingerprint density at radius 1 is 1.17 bits per heavy atom. The molecule has 2 rings (SSSR count). The molecule has 1 aromatic carbocycles. The summed E-state index contributed by atoms with van der Waals surface area (Å²) in [7, 11) is 0. The van der Waals surface area contributed by atoms with E-state index in [1.54, 1.807) is 0 Å². The number of anilines is 1. The van der Waals surface area contributed by atoms with Crippen LogP contribution >= 0.6 is 0 Å². The fourth-order valence-electron chi connectivity index (χ4n) is 2.61. The van der Waals surface area contributed by atoms with Crippen LogP contribution in [0.2, 0.25) is 0 Å². The van der Waals surface area contributed by atoms with Gasteiger partial charge in [0.2, 0.25) is 0 Å². The molecule has 0 aromatic heterocycles. The summed E-state index contributed by atoms with van der Waals surface area (Å²) in [4.78, 5) is 2.56. The SMILES string of the molecule is Cc1ccc(C)c(N2CCCNC(C)(C)CC2)c1. The number of nitrogens with one attached hydrogen (secondary N) is 1. The Bertz CT molecular complexity index is 410. The maximum Gasteiger partial charge on any atom is 0.0398 e. The van der Waals surface area contributed by atoms with Crippen molar-refractivity contribution in [2.75, 3.05) is 24.5 Å². The first-order valence-corrected chi connectivity index (χ1v) is 7.05. The van der Waals surface area contributed by atoms with Crippen molar-refractivity contribution < 1.29 is 0 Å². The van der Waals surface area contributed by atoms with Crippen LogP contribution in [0.25, 0.3) is 0 Å². The second kappa shape index (κ2) is 5.31. The van der Waals surface area contributed by atoms with E-state index < -0.39 is 0 Å². The van der Waals surface area contributed by atoms with Gasteiger partial charge in [0.25, 0.3) is 0 Å². The van der Waals surface area contributed by atoms with Crippen molar-refractivity contribution in [2.45, 2.75) is 46.1 Å². The zero-order valence-electron chi connectivity index (χ0n) is 12.2. The number of rotatable bonds is 1. The van der Waals surface area contributed by atoms with Crippen LogP contribution in [0.4, 0.5) is 5.69 Å². The van der Waals surface area contributed by atoms with Gasteiger partial charge in [0.1, 0.15) is 0 Å². The summed E-state index contributed by atoms with van der Waals surface area (Å²) >= 11 is 0. The van der Waals surface area contributed by atoms with Crippen LogP contribution in [0.15, 0.2) is 18.2 Å². The van der Waals surface area contributed by atoms with Crippen molar-refractivity contribution in [1.29, 1.82) is 0 Å². The standard InChI is InChI=1S/C16H26N2/c1-13-6-7-14(2)15(12-13)18-10-5-9-17-16(3,4)8-11-18/h6-7,12,17H,5,8-11H2,1-4H3. The second-order valence-corrected chi connectivity index (χ2v) is 6.19. The predicted octanol–water partition coefficient (Wildman–Crippen LogP) is 3.27. The van der Waals surface area contributed by atoms with E-state index in [1.165, 1.54) is 29.7 Å². The summed E-state index contributed by atoms with van der Waals surface area (Å²) in [5, 5.41) is 3.63. The van der Waals surface area contributed by atoms with Crippen molar-refractivity contribution >= 4 is 5.69 Å². The highest BCUT2D eigenvalue weighted by molar-refractivity contribution is 5.55. The molecule has 0 bridgehead atoms. The van der Waals surface area contributed by atoms with Gasteiger partial charge in [-0.1, -0.05) is 12.1 Å². The second-order valence-electron chi connectivity index (χ2n) is 6.19. The van der Waals surface area contributed by atoms with Crippen molar-refractivity contribution in [3.05, 3.63) is 29.3 Å². The number of hydrogen-bond acceptors (Lipinski definition) is 2. The Kier molecular flexibility index (Phi) is 3.96. The molecule has 0 unspecified atom stereocenters. The van der Waals surface area contributed by atoms with Crippen LogP contribution in [-0.4, -0.2) is 25.2 Å². The average Bonchev–Trinajstić information content (AvgIpc) is 2.29. The minimum Gasteiger partial charge on any atom is -0.371 e. The fraction of sp³-hybridized carbons (Fsp3) is 0.625. The topological polar surface area (TPSA) is 15.3 Å². The van der Waals surface area contributed by atoms with Gasteiger partial charge < -0.3 is 10.2 Å². The molecule has 0 amide bonds. The van der Waals surface area contributed by atoms with Gasteiger partial charge in [-0.05, 0) is 64.3 Å². The molecule has 1 aliphatic rings. The van der Waals surface area contributed by atoms with E-state index in [9.17, 15) is 0 Å². The molecule has 1 fully saturated rings. The number of benzene rings is 1. The zero-order valence-corrected chi connectivity index (χ0v) is 12.2. The molecule has 2 nitrogen and oxygen atoms in total. The maximum atomic E-state index is 3.63. The minimum absolute atomic E-state index is 0.260. The van der Waals surface area contributed by atoms with E-state index in [1.807, 2.05) is 0 Å². The van der Waals surface area contributed by atoms with Crippen LogP contribution < -0.4 is 10.2 Å². The maximum absolute atomic E-state index is 3.63. The first-order valence-electron chi connectivity index (χ1n) is 7.05. The largest absolute Gasteiger partial charge is 0.371 e. The van der Waals surface area contributed by atoms with Crippen LogP contribution in [0.3, 0.4) is 0 Å². The van der Waals surface area contributed by atoms with Gasteiger partial charge in [-0.2, -0.15) is 0 Å². The summed E-state index contributed by atoms with van der Waals surface area (Å²) in [6, 6.07) is 6.78. The third-order valence-corrected chi connectivity index (χ3v) is 3.92.